The van der Waals surface area contributed by atoms with Crippen LogP contribution >= 0.6 is 0 Å². The van der Waals surface area contributed by atoms with Gasteiger partial charge >= 0.3 is 13.3 Å². The molecule has 0 atom stereocenters. The van der Waals surface area contributed by atoms with Crippen LogP contribution in [0.15, 0.2) is 54.6 Å². The van der Waals surface area contributed by atoms with Gasteiger partial charge in [0.2, 0.25) is 0 Å². The summed E-state index contributed by atoms with van der Waals surface area (Å²) in [6.45, 7) is 1.80. The Kier molecular flexibility index (Phi) is 8.29. The van der Waals surface area contributed by atoms with Crippen molar-refractivity contribution < 1.29 is 37.1 Å². The topological polar surface area (TPSA) is 62.2 Å². The minimum Gasteiger partial charge on any atom is -0.497 e. The maximum Gasteiger partial charge on any atom is 0.491 e. The zero-order chi connectivity index (χ0) is 25.8. The summed E-state index contributed by atoms with van der Waals surface area (Å²) in [7, 11) is 0.663. The van der Waals surface area contributed by atoms with Crippen LogP contribution in [0.3, 0.4) is 0 Å². The van der Waals surface area contributed by atoms with Crippen LogP contribution in [0, 0.1) is 12.7 Å². The van der Waals surface area contributed by atoms with Crippen molar-refractivity contribution in [1.29, 1.82) is 0 Å². The molecule has 3 aromatic rings. The van der Waals surface area contributed by atoms with E-state index in [2.05, 4.69) is 0 Å². The van der Waals surface area contributed by atoms with Gasteiger partial charge in [-0.15, -0.1) is 0 Å². The van der Waals surface area contributed by atoms with Crippen molar-refractivity contribution in [2.24, 2.45) is 0 Å². The highest BCUT2D eigenvalue weighted by Crippen LogP contribution is 2.30. The molecule has 0 heterocycles. The fourth-order valence-electron chi connectivity index (χ4n) is 3.90. The molecule has 5 nitrogen and oxygen atoms in total. The van der Waals surface area contributed by atoms with E-state index in [1.807, 2.05) is 0 Å². The van der Waals surface area contributed by atoms with Crippen LogP contribution in [0.4, 0.5) is 23.2 Å². The lowest BCUT2D eigenvalue weighted by molar-refractivity contribution is -0.127. The molecule has 3 aromatic carbocycles. The van der Waals surface area contributed by atoms with E-state index in [9.17, 15) is 23.2 Å². The van der Waals surface area contributed by atoms with Crippen molar-refractivity contribution in [2.75, 3.05) is 19.1 Å². The number of hydrogen-bond donors (Lipinski definition) is 2. The van der Waals surface area contributed by atoms with Crippen LogP contribution < -0.4 is 19.8 Å². The molecule has 0 spiro atoms. The molecule has 186 valence electrons. The highest BCUT2D eigenvalue weighted by atomic mass is 19.4. The molecule has 0 bridgehead atoms. The second kappa shape index (κ2) is 11.0. The molecule has 10 heteroatoms. The van der Waals surface area contributed by atoms with Gasteiger partial charge in [-0.1, -0.05) is 24.3 Å². The minimum atomic E-state index is -4.64. The smallest absolute Gasteiger partial charge is 0.491 e. The first kappa shape index (κ1) is 26.4. The number of methoxy groups -OCH3 is 2. The van der Waals surface area contributed by atoms with Gasteiger partial charge in [0.1, 0.15) is 17.3 Å². The first-order valence-electron chi connectivity index (χ1n) is 10.8. The molecular formula is C25H26BF4NO4. The summed E-state index contributed by atoms with van der Waals surface area (Å²) < 4.78 is 65.4. The first-order valence-corrected chi connectivity index (χ1v) is 10.8. The fourth-order valence-corrected chi connectivity index (χ4v) is 3.90. The number of alkyl halides is 3. The standard InChI is InChI=1S/C25H26BF4NO4/c1-16-12-22(24(27)23(26(32)33)21(16)13-25(28,29)30)31(14-17-4-8-19(34-2)9-5-17)15-18-6-10-20(35-3)11-7-18/h4-12,32-33H,13-15H2,1-3H3. The third-order valence-electron chi connectivity index (χ3n) is 5.66. The van der Waals surface area contributed by atoms with Crippen LogP contribution in [0.2, 0.25) is 0 Å². The molecule has 0 aliphatic rings. The van der Waals surface area contributed by atoms with E-state index in [0.29, 0.717) is 11.5 Å². The maximum atomic E-state index is 15.7. The number of benzene rings is 3. The first-order chi connectivity index (χ1) is 16.5. The molecular weight excluding hydrogens is 465 g/mol. The van der Waals surface area contributed by atoms with Crippen LogP contribution in [0.1, 0.15) is 22.3 Å². The average Bonchev–Trinajstić information content (AvgIpc) is 2.80. The number of hydrogen-bond acceptors (Lipinski definition) is 5. The zero-order valence-electron chi connectivity index (χ0n) is 19.6. The lowest BCUT2D eigenvalue weighted by Gasteiger charge is -2.28. The average molecular weight is 491 g/mol. The van der Waals surface area contributed by atoms with Crippen molar-refractivity contribution in [2.45, 2.75) is 32.6 Å². The maximum absolute atomic E-state index is 15.7. The predicted molar refractivity (Wildman–Crippen MR) is 127 cm³/mol. The van der Waals surface area contributed by atoms with Crippen LogP contribution in [-0.4, -0.2) is 37.6 Å². The largest absolute Gasteiger partial charge is 0.497 e. The molecule has 35 heavy (non-hydrogen) atoms. The lowest BCUT2D eigenvalue weighted by atomic mass is 9.74. The molecule has 3 rings (SSSR count). The van der Waals surface area contributed by atoms with E-state index >= 15 is 4.39 Å². The van der Waals surface area contributed by atoms with Crippen molar-refractivity contribution in [3.05, 3.63) is 82.7 Å². The Morgan fingerprint density at radius 3 is 1.69 bits per heavy atom. The number of rotatable bonds is 9. The third-order valence-corrected chi connectivity index (χ3v) is 5.66. The highest BCUT2D eigenvalue weighted by Gasteiger charge is 2.35. The zero-order valence-corrected chi connectivity index (χ0v) is 19.6. The second-order valence-electron chi connectivity index (χ2n) is 8.14. The summed E-state index contributed by atoms with van der Waals surface area (Å²) >= 11 is 0. The van der Waals surface area contributed by atoms with E-state index in [0.717, 1.165) is 11.1 Å². The van der Waals surface area contributed by atoms with E-state index < -0.39 is 36.6 Å². The molecule has 0 saturated heterocycles. The predicted octanol–water partition coefficient (Wildman–Crippen LogP) is 4.14. The molecule has 0 saturated carbocycles. The van der Waals surface area contributed by atoms with Crippen LogP contribution in [0.5, 0.6) is 11.5 Å². The van der Waals surface area contributed by atoms with Crippen LogP contribution in [-0.2, 0) is 19.5 Å². The van der Waals surface area contributed by atoms with E-state index in [-0.39, 0.29) is 24.3 Å². The number of aryl methyl sites for hydroxylation is 1. The molecule has 0 amide bonds. The fraction of sp³-hybridized carbons (Fsp3) is 0.280. The Morgan fingerprint density at radius 1 is 0.857 bits per heavy atom. The van der Waals surface area contributed by atoms with Gasteiger partial charge in [-0.2, -0.15) is 13.2 Å². The second-order valence-corrected chi connectivity index (χ2v) is 8.14. The van der Waals surface area contributed by atoms with Gasteiger partial charge in [0.25, 0.3) is 0 Å². The monoisotopic (exact) mass is 491 g/mol. The molecule has 0 aromatic heterocycles. The Morgan fingerprint density at radius 2 is 1.31 bits per heavy atom. The third kappa shape index (κ3) is 6.67. The summed E-state index contributed by atoms with van der Waals surface area (Å²) in [4.78, 5) is 1.63. The van der Waals surface area contributed by atoms with Gasteiger partial charge in [-0.25, -0.2) is 4.39 Å². The van der Waals surface area contributed by atoms with Crippen LogP contribution in [0.25, 0.3) is 0 Å². The lowest BCUT2D eigenvalue weighted by Crippen LogP contribution is -2.40. The van der Waals surface area contributed by atoms with Gasteiger partial charge in [-0.3, -0.25) is 0 Å². The summed E-state index contributed by atoms with van der Waals surface area (Å²) in [6, 6.07) is 15.5. The Labute approximate surface area is 201 Å². The van der Waals surface area contributed by atoms with E-state index in [4.69, 9.17) is 9.47 Å². The number of nitrogens with zero attached hydrogens (tertiary/aromatic N) is 1. The Hall–Kier alpha value is -3.24. The molecule has 0 fully saturated rings. The van der Waals surface area contributed by atoms with E-state index in [1.54, 1.807) is 53.4 Å². The van der Waals surface area contributed by atoms with Gasteiger partial charge in [0.15, 0.2) is 0 Å². The molecule has 0 unspecified atom stereocenters. The van der Waals surface area contributed by atoms with Gasteiger partial charge in [-0.05, 0) is 59.5 Å². The quantitative estimate of drug-likeness (QED) is 0.348. The normalized spacial score (nSPS) is 11.3. The summed E-state index contributed by atoms with van der Waals surface area (Å²) in [5.74, 6) is 0.172. The summed E-state index contributed by atoms with van der Waals surface area (Å²) in [5.41, 5.74) is 0.400. The molecule has 2 N–H and O–H groups in total. The Bertz CT molecular complexity index is 1090. The van der Waals surface area contributed by atoms with E-state index in [1.165, 1.54) is 27.2 Å². The van der Waals surface area contributed by atoms with Crippen molar-refractivity contribution in [3.63, 3.8) is 0 Å². The Balaban J connectivity index is 2.09. The minimum absolute atomic E-state index is 0.0387. The SMILES string of the molecule is COc1ccc(CN(Cc2ccc(OC)cc2)c2cc(C)c(CC(F)(F)F)c(B(O)O)c2F)cc1. The molecule has 0 radical (unpaired) electrons. The van der Waals surface area contributed by atoms with Gasteiger partial charge in [0, 0.05) is 18.6 Å². The van der Waals surface area contributed by atoms with Crippen molar-refractivity contribution in [3.8, 4) is 11.5 Å². The summed E-state index contributed by atoms with van der Waals surface area (Å²) in [6.07, 6.45) is -6.12. The molecule has 0 aliphatic heterocycles. The number of halogens is 4. The number of anilines is 1. The van der Waals surface area contributed by atoms with Crippen molar-refractivity contribution >= 4 is 18.3 Å². The van der Waals surface area contributed by atoms with Gasteiger partial charge in [0.05, 0.1) is 26.3 Å². The van der Waals surface area contributed by atoms with Crippen molar-refractivity contribution in [1.82, 2.24) is 0 Å². The van der Waals surface area contributed by atoms with Gasteiger partial charge < -0.3 is 24.4 Å². The summed E-state index contributed by atoms with van der Waals surface area (Å²) in [5, 5.41) is 19.6. The highest BCUT2D eigenvalue weighted by molar-refractivity contribution is 6.59. The number of ether oxygens (including phenoxy) is 2. The molecule has 0 aliphatic carbocycles.